The molecule has 41 heavy (non-hydrogen) atoms. The molecular formula is C35H60O6. The molecule has 0 saturated heterocycles. The summed E-state index contributed by atoms with van der Waals surface area (Å²) in [5, 5.41) is 11.3. The minimum absolute atomic E-state index is 0.00547. The SMILES string of the molecule is COC[C@]1(C)[C@@H]2CC[C@]3(C)[C@H](CC=C4[C@@H]5CC(C)(C)[C@@H](OC)[C@H](OC)[C@]5(COC)[C@H](OC)C[C@]43C)[C@@]2(C)CC[C@@H]1O. The summed E-state index contributed by atoms with van der Waals surface area (Å²) in [5.74, 6) is 1.27. The van der Waals surface area contributed by atoms with Crippen LogP contribution in [0.15, 0.2) is 11.6 Å². The van der Waals surface area contributed by atoms with E-state index < -0.39 is 0 Å². The number of hydrogen-bond acceptors (Lipinski definition) is 6. The highest BCUT2D eigenvalue weighted by molar-refractivity contribution is 5.36. The zero-order valence-electron chi connectivity index (χ0n) is 28.0. The van der Waals surface area contributed by atoms with Crippen LogP contribution >= 0.6 is 0 Å². The van der Waals surface area contributed by atoms with Gasteiger partial charge in [-0.2, -0.15) is 0 Å². The molecule has 6 nitrogen and oxygen atoms in total. The van der Waals surface area contributed by atoms with Gasteiger partial charge in [-0.1, -0.05) is 53.2 Å². The summed E-state index contributed by atoms with van der Waals surface area (Å²) in [7, 11) is 9.18. The predicted molar refractivity (Wildman–Crippen MR) is 162 cm³/mol. The van der Waals surface area contributed by atoms with E-state index in [1.54, 1.807) is 12.7 Å². The lowest BCUT2D eigenvalue weighted by atomic mass is 9.33. The average Bonchev–Trinajstić information content (AvgIpc) is 2.91. The average molecular weight is 577 g/mol. The molecule has 0 bridgehead atoms. The molecule has 0 radical (unpaired) electrons. The van der Waals surface area contributed by atoms with Crippen molar-refractivity contribution in [3.05, 3.63) is 11.6 Å². The summed E-state index contributed by atoms with van der Waals surface area (Å²) in [6, 6.07) is 0. The van der Waals surface area contributed by atoms with Crippen molar-refractivity contribution in [3.63, 3.8) is 0 Å². The molecular weight excluding hydrogens is 516 g/mol. The van der Waals surface area contributed by atoms with Crippen molar-refractivity contribution in [2.75, 3.05) is 48.8 Å². The fourth-order valence-electron chi connectivity index (χ4n) is 12.4. The molecule has 0 spiro atoms. The number of ether oxygens (including phenoxy) is 5. The van der Waals surface area contributed by atoms with Crippen LogP contribution in [0.25, 0.3) is 0 Å². The molecule has 4 saturated carbocycles. The lowest BCUT2D eigenvalue weighted by Crippen LogP contribution is -2.72. The normalized spacial score (nSPS) is 52.5. The van der Waals surface area contributed by atoms with Gasteiger partial charge in [-0.15, -0.1) is 0 Å². The number of fused-ring (bicyclic) bond motifs is 7. The van der Waals surface area contributed by atoms with Gasteiger partial charge in [0.25, 0.3) is 0 Å². The first-order chi connectivity index (χ1) is 19.2. The van der Waals surface area contributed by atoms with Crippen LogP contribution in [0.3, 0.4) is 0 Å². The number of methoxy groups -OCH3 is 5. The van der Waals surface area contributed by atoms with Crippen molar-refractivity contribution >= 4 is 0 Å². The van der Waals surface area contributed by atoms with E-state index in [-0.39, 0.29) is 62.8 Å². The highest BCUT2D eigenvalue weighted by Gasteiger charge is 2.73. The van der Waals surface area contributed by atoms with Gasteiger partial charge < -0.3 is 28.8 Å². The Morgan fingerprint density at radius 2 is 1.44 bits per heavy atom. The summed E-state index contributed by atoms with van der Waals surface area (Å²) in [6.45, 7) is 15.9. The van der Waals surface area contributed by atoms with Crippen molar-refractivity contribution in [1.82, 2.24) is 0 Å². The van der Waals surface area contributed by atoms with E-state index in [9.17, 15) is 5.11 Å². The molecule has 0 aromatic heterocycles. The number of hydrogen-bond donors (Lipinski definition) is 1. The topological polar surface area (TPSA) is 66.4 Å². The number of rotatable bonds is 7. The van der Waals surface area contributed by atoms with Crippen LogP contribution in [0.2, 0.25) is 0 Å². The lowest BCUT2D eigenvalue weighted by Gasteiger charge is -2.73. The fraction of sp³-hybridized carbons (Fsp3) is 0.943. The Kier molecular flexibility index (Phi) is 8.21. The van der Waals surface area contributed by atoms with Crippen molar-refractivity contribution < 1.29 is 28.8 Å². The molecule has 5 rings (SSSR count). The van der Waals surface area contributed by atoms with Crippen LogP contribution in [0.5, 0.6) is 0 Å². The maximum absolute atomic E-state index is 11.3. The maximum atomic E-state index is 11.3. The smallest absolute Gasteiger partial charge is 0.0946 e. The van der Waals surface area contributed by atoms with Crippen molar-refractivity contribution in [1.29, 1.82) is 0 Å². The summed E-state index contributed by atoms with van der Waals surface area (Å²) >= 11 is 0. The molecule has 0 amide bonds. The Labute approximate surface area is 250 Å². The highest BCUT2D eigenvalue weighted by atomic mass is 16.5. The van der Waals surface area contributed by atoms with Gasteiger partial charge in [0.05, 0.1) is 43.0 Å². The Balaban J connectivity index is 1.65. The molecule has 236 valence electrons. The zero-order chi connectivity index (χ0) is 30.2. The molecule has 5 aliphatic carbocycles. The first-order valence-corrected chi connectivity index (χ1v) is 16.2. The third-order valence-electron chi connectivity index (χ3n) is 14.5. The quantitative estimate of drug-likeness (QED) is 0.359. The van der Waals surface area contributed by atoms with Crippen LogP contribution in [0.1, 0.15) is 86.5 Å². The molecule has 0 aromatic rings. The predicted octanol–water partition coefficient (Wildman–Crippen LogP) is 6.30. The third-order valence-corrected chi connectivity index (χ3v) is 14.5. The number of aliphatic hydroxyl groups excluding tert-OH is 1. The second-order valence-corrected chi connectivity index (χ2v) is 16.3. The summed E-state index contributed by atoms with van der Waals surface area (Å²) < 4.78 is 31.1. The van der Waals surface area contributed by atoms with Gasteiger partial charge >= 0.3 is 0 Å². The second kappa shape index (κ2) is 10.5. The highest BCUT2D eigenvalue weighted by Crippen LogP contribution is 2.76. The molecule has 12 atom stereocenters. The second-order valence-electron chi connectivity index (χ2n) is 16.3. The molecule has 0 aliphatic heterocycles. The summed E-state index contributed by atoms with van der Waals surface area (Å²) in [4.78, 5) is 0. The van der Waals surface area contributed by atoms with E-state index in [4.69, 9.17) is 23.7 Å². The first-order valence-electron chi connectivity index (χ1n) is 16.2. The minimum atomic E-state index is -0.323. The maximum Gasteiger partial charge on any atom is 0.0946 e. The monoisotopic (exact) mass is 576 g/mol. The summed E-state index contributed by atoms with van der Waals surface area (Å²) in [5.41, 5.74) is 1.29. The van der Waals surface area contributed by atoms with E-state index in [2.05, 4.69) is 47.6 Å². The first kappa shape index (κ1) is 31.9. The molecule has 5 aliphatic rings. The van der Waals surface area contributed by atoms with E-state index in [0.29, 0.717) is 25.0 Å². The molecule has 6 heteroatoms. The van der Waals surface area contributed by atoms with E-state index in [0.717, 1.165) is 44.9 Å². The van der Waals surface area contributed by atoms with Gasteiger partial charge in [0.15, 0.2) is 0 Å². The van der Waals surface area contributed by atoms with Gasteiger partial charge in [0, 0.05) is 41.0 Å². The standard InChI is InChI=1S/C35H60O6/c1-30(2)18-23-22-12-13-25-31(3)16-15-26(36)32(4,20-37-7)24(31)14-17-33(25,5)34(22,6)19-27(39-9)35(23,21-38-8)29(41-11)28(30)40-10/h12,23-29,36H,13-21H2,1-11H3/t23-,24+,25+,26-,27+,28-,29-,31-,32+,33+,34+,35-/m0/s1. The fourth-order valence-corrected chi connectivity index (χ4v) is 12.4. The van der Waals surface area contributed by atoms with E-state index in [1.165, 1.54) is 0 Å². The molecule has 0 unspecified atom stereocenters. The van der Waals surface area contributed by atoms with Crippen LogP contribution in [-0.4, -0.2) is 78.3 Å². The lowest BCUT2D eigenvalue weighted by molar-refractivity contribution is -0.273. The van der Waals surface area contributed by atoms with Gasteiger partial charge in [0.1, 0.15) is 0 Å². The van der Waals surface area contributed by atoms with Crippen LogP contribution in [-0.2, 0) is 23.7 Å². The van der Waals surface area contributed by atoms with Gasteiger partial charge in [-0.25, -0.2) is 0 Å². The molecule has 0 aromatic carbocycles. The Hall–Kier alpha value is -0.500. The van der Waals surface area contributed by atoms with E-state index >= 15 is 0 Å². The van der Waals surface area contributed by atoms with Gasteiger partial charge in [-0.05, 0) is 84.4 Å². The minimum Gasteiger partial charge on any atom is -0.392 e. The van der Waals surface area contributed by atoms with Crippen molar-refractivity contribution in [3.8, 4) is 0 Å². The Morgan fingerprint density at radius 1 is 0.780 bits per heavy atom. The van der Waals surface area contributed by atoms with Gasteiger partial charge in [-0.3, -0.25) is 0 Å². The van der Waals surface area contributed by atoms with Crippen LogP contribution < -0.4 is 0 Å². The zero-order valence-corrected chi connectivity index (χ0v) is 28.0. The summed E-state index contributed by atoms with van der Waals surface area (Å²) in [6.07, 6.45) is 9.47. The molecule has 1 N–H and O–H groups in total. The Morgan fingerprint density at radius 3 is 2.02 bits per heavy atom. The largest absolute Gasteiger partial charge is 0.392 e. The van der Waals surface area contributed by atoms with Crippen molar-refractivity contribution in [2.24, 2.45) is 50.2 Å². The van der Waals surface area contributed by atoms with Crippen molar-refractivity contribution in [2.45, 2.75) is 111 Å². The molecule has 0 heterocycles. The Bertz CT molecular complexity index is 1010. The number of allylic oxidation sites excluding steroid dienone is 2. The third kappa shape index (κ3) is 4.02. The number of aliphatic hydroxyl groups is 1. The van der Waals surface area contributed by atoms with E-state index in [1.807, 2.05) is 28.4 Å². The van der Waals surface area contributed by atoms with Crippen LogP contribution in [0.4, 0.5) is 0 Å². The van der Waals surface area contributed by atoms with Crippen LogP contribution in [0, 0.1) is 50.2 Å². The molecule has 4 fully saturated rings. The van der Waals surface area contributed by atoms with Gasteiger partial charge in [0.2, 0.25) is 0 Å².